The lowest BCUT2D eigenvalue weighted by Gasteiger charge is -2.27. The predicted octanol–water partition coefficient (Wildman–Crippen LogP) is 1.37. The number of methoxy groups -OCH3 is 1. The highest BCUT2D eigenvalue weighted by Gasteiger charge is 2.16. The van der Waals surface area contributed by atoms with E-state index in [9.17, 15) is 9.59 Å². The minimum atomic E-state index is -0.335. The summed E-state index contributed by atoms with van der Waals surface area (Å²) in [6.07, 6.45) is 1.59. The molecule has 0 spiro atoms. The molecule has 35 heavy (non-hydrogen) atoms. The van der Waals surface area contributed by atoms with Gasteiger partial charge in [-0.2, -0.15) is 4.98 Å². The Hall–Kier alpha value is -3.41. The number of piperazine rings is 1. The van der Waals surface area contributed by atoms with Gasteiger partial charge in [-0.05, 0) is 24.3 Å². The van der Waals surface area contributed by atoms with Crippen LogP contribution in [0.15, 0.2) is 35.3 Å². The van der Waals surface area contributed by atoms with E-state index in [1.807, 2.05) is 18.2 Å². The number of fused-ring (bicyclic) bond motifs is 1. The molecule has 4 rings (SSSR count). The van der Waals surface area contributed by atoms with E-state index in [-0.39, 0.29) is 23.8 Å². The molecule has 1 fully saturated rings. The highest BCUT2D eigenvalue weighted by molar-refractivity contribution is 6.32. The lowest BCUT2D eigenvalue weighted by Crippen LogP contribution is -2.44. The number of aromatic nitrogens is 3. The molecule has 3 N–H and O–H groups in total. The summed E-state index contributed by atoms with van der Waals surface area (Å²) in [5.74, 6) is 0.841. The second-order valence-electron chi connectivity index (χ2n) is 7.92. The second kappa shape index (κ2) is 11.3. The zero-order chi connectivity index (χ0) is 24.8. The average Bonchev–Trinajstić information content (AvgIpc) is 2.88. The molecular weight excluding hydrogens is 474 g/mol. The van der Waals surface area contributed by atoms with Crippen LogP contribution in [0.3, 0.4) is 0 Å². The molecule has 1 aromatic carbocycles. The van der Waals surface area contributed by atoms with Crippen LogP contribution in [0.2, 0.25) is 5.02 Å². The number of benzene rings is 1. The van der Waals surface area contributed by atoms with Gasteiger partial charge >= 0.3 is 0 Å². The molecule has 1 amide bonds. The smallest absolute Gasteiger partial charge is 0.293 e. The van der Waals surface area contributed by atoms with Gasteiger partial charge < -0.3 is 34.9 Å². The number of nitrogens with one attached hydrogen (secondary N) is 3. The van der Waals surface area contributed by atoms with E-state index in [0.717, 1.165) is 37.3 Å². The molecule has 3 heterocycles. The van der Waals surface area contributed by atoms with Crippen molar-refractivity contribution in [2.45, 2.75) is 6.54 Å². The van der Waals surface area contributed by atoms with Crippen molar-refractivity contribution in [2.24, 2.45) is 0 Å². The molecule has 0 unspecified atom stereocenters. The number of likely N-dealkylation sites (N-methyl/N-ethyl adjacent to an activating group) is 1. The van der Waals surface area contributed by atoms with Gasteiger partial charge in [0.2, 0.25) is 5.95 Å². The molecule has 0 aliphatic carbocycles. The average molecular weight is 502 g/mol. The Labute approximate surface area is 207 Å². The van der Waals surface area contributed by atoms with Crippen LogP contribution in [0.25, 0.3) is 10.9 Å². The standard InChI is InChI=1S/C23H28ClN7O4/c1-25-20(32)14-35-19-12-15-11-16(3-4-18(15)31(22(19)33)9-10-34-2)28-21-17(24)13-27-23(29-21)30-7-5-26-6-8-30/h3-4,11-13,26H,5-10,14H2,1-2H3,(H,25,32)(H,27,28,29). The molecule has 0 bridgehead atoms. The van der Waals surface area contributed by atoms with E-state index < -0.39 is 0 Å². The maximum atomic E-state index is 13.0. The molecule has 2 aromatic heterocycles. The molecule has 0 atom stereocenters. The summed E-state index contributed by atoms with van der Waals surface area (Å²) in [7, 11) is 3.08. The first-order valence-electron chi connectivity index (χ1n) is 11.3. The van der Waals surface area contributed by atoms with Crippen molar-refractivity contribution >= 4 is 45.9 Å². The first-order chi connectivity index (χ1) is 17.0. The van der Waals surface area contributed by atoms with Crippen LogP contribution in [0.1, 0.15) is 0 Å². The van der Waals surface area contributed by atoms with Crippen LogP contribution in [0.4, 0.5) is 17.5 Å². The highest BCUT2D eigenvalue weighted by atomic mass is 35.5. The fourth-order valence-corrected chi connectivity index (χ4v) is 3.90. The zero-order valence-electron chi connectivity index (χ0n) is 19.6. The molecular formula is C23H28ClN7O4. The Morgan fingerprint density at radius 1 is 1.26 bits per heavy atom. The largest absolute Gasteiger partial charge is 0.478 e. The van der Waals surface area contributed by atoms with Crippen LogP contribution in [0, 0.1) is 0 Å². The van der Waals surface area contributed by atoms with Gasteiger partial charge in [-0.25, -0.2) is 4.98 Å². The maximum Gasteiger partial charge on any atom is 0.293 e. The Morgan fingerprint density at radius 2 is 2.06 bits per heavy atom. The lowest BCUT2D eigenvalue weighted by atomic mass is 10.1. The van der Waals surface area contributed by atoms with Crippen molar-refractivity contribution in [3.8, 4) is 5.75 Å². The molecule has 0 radical (unpaired) electrons. The van der Waals surface area contributed by atoms with Gasteiger partial charge in [0.1, 0.15) is 5.02 Å². The van der Waals surface area contributed by atoms with Gasteiger partial charge in [0.25, 0.3) is 11.5 Å². The van der Waals surface area contributed by atoms with Crippen molar-refractivity contribution in [3.63, 3.8) is 0 Å². The van der Waals surface area contributed by atoms with Crippen LogP contribution in [-0.4, -0.2) is 74.0 Å². The minimum Gasteiger partial charge on any atom is -0.478 e. The number of carbonyl (C=O) groups excluding carboxylic acids is 1. The molecule has 3 aromatic rings. The van der Waals surface area contributed by atoms with Crippen molar-refractivity contribution in [1.29, 1.82) is 0 Å². The van der Waals surface area contributed by atoms with Gasteiger partial charge in [-0.15, -0.1) is 0 Å². The number of rotatable bonds is 9. The van der Waals surface area contributed by atoms with Gasteiger partial charge in [-0.3, -0.25) is 9.59 Å². The third-order valence-electron chi connectivity index (χ3n) is 5.61. The van der Waals surface area contributed by atoms with Crippen molar-refractivity contribution in [3.05, 3.63) is 45.8 Å². The number of halogens is 1. The van der Waals surface area contributed by atoms with E-state index in [4.69, 9.17) is 21.1 Å². The summed E-state index contributed by atoms with van der Waals surface area (Å²) in [5, 5.41) is 10.2. The third-order valence-corrected chi connectivity index (χ3v) is 5.89. The van der Waals surface area contributed by atoms with Crippen LogP contribution < -0.4 is 31.1 Å². The van der Waals surface area contributed by atoms with Gasteiger partial charge in [-0.1, -0.05) is 11.6 Å². The first kappa shape index (κ1) is 24.7. The molecule has 186 valence electrons. The van der Waals surface area contributed by atoms with Crippen molar-refractivity contribution in [1.82, 2.24) is 25.2 Å². The summed E-state index contributed by atoms with van der Waals surface area (Å²) in [6, 6.07) is 7.18. The van der Waals surface area contributed by atoms with E-state index in [1.165, 1.54) is 7.05 Å². The Morgan fingerprint density at radius 3 is 2.80 bits per heavy atom. The number of nitrogens with zero attached hydrogens (tertiary/aromatic N) is 4. The molecule has 12 heteroatoms. The molecule has 11 nitrogen and oxygen atoms in total. The third kappa shape index (κ3) is 5.81. The number of ether oxygens (including phenoxy) is 2. The number of carbonyl (C=O) groups is 1. The fourth-order valence-electron chi connectivity index (χ4n) is 3.76. The van der Waals surface area contributed by atoms with Gasteiger partial charge in [0, 0.05) is 58.0 Å². The molecule has 1 aliphatic heterocycles. The van der Waals surface area contributed by atoms with Crippen LogP contribution in [-0.2, 0) is 16.1 Å². The normalized spacial score (nSPS) is 13.6. The van der Waals surface area contributed by atoms with E-state index >= 15 is 0 Å². The summed E-state index contributed by atoms with van der Waals surface area (Å²) >= 11 is 6.38. The van der Waals surface area contributed by atoms with Gasteiger partial charge in [0.15, 0.2) is 18.2 Å². The summed E-state index contributed by atoms with van der Waals surface area (Å²) in [4.78, 5) is 35.7. The molecule has 0 saturated carbocycles. The Bertz CT molecular complexity index is 1260. The quantitative estimate of drug-likeness (QED) is 0.399. The van der Waals surface area contributed by atoms with E-state index in [0.29, 0.717) is 35.5 Å². The number of anilines is 3. The molecule has 1 saturated heterocycles. The Balaban J connectivity index is 1.67. The SMILES string of the molecule is CNC(=O)COc1cc2cc(Nc3nc(N4CCNCC4)ncc3Cl)ccc2n(CCOC)c1=O. The van der Waals surface area contributed by atoms with Crippen LogP contribution >= 0.6 is 11.6 Å². The Kier molecular flexibility index (Phi) is 8.01. The first-order valence-corrected chi connectivity index (χ1v) is 11.6. The number of pyridine rings is 1. The van der Waals surface area contributed by atoms with E-state index in [2.05, 4.69) is 30.8 Å². The van der Waals surface area contributed by atoms with Gasteiger partial charge in [0.05, 0.1) is 18.3 Å². The topological polar surface area (TPSA) is 123 Å². The summed E-state index contributed by atoms with van der Waals surface area (Å²) < 4.78 is 12.3. The highest BCUT2D eigenvalue weighted by Crippen LogP contribution is 2.28. The van der Waals surface area contributed by atoms with Crippen LogP contribution in [0.5, 0.6) is 5.75 Å². The number of hydrogen-bond donors (Lipinski definition) is 3. The monoisotopic (exact) mass is 501 g/mol. The second-order valence-corrected chi connectivity index (χ2v) is 8.33. The lowest BCUT2D eigenvalue weighted by molar-refractivity contribution is -0.122. The maximum absolute atomic E-state index is 13.0. The number of amides is 1. The molecule has 1 aliphatic rings. The minimum absolute atomic E-state index is 0.0791. The van der Waals surface area contributed by atoms with E-state index in [1.54, 1.807) is 23.9 Å². The number of hydrogen-bond acceptors (Lipinski definition) is 9. The predicted molar refractivity (Wildman–Crippen MR) is 135 cm³/mol. The summed E-state index contributed by atoms with van der Waals surface area (Å²) in [6.45, 7) is 3.79. The van der Waals surface area contributed by atoms with Crippen molar-refractivity contribution in [2.75, 3.05) is 63.8 Å². The fraction of sp³-hybridized carbons (Fsp3) is 0.391. The summed E-state index contributed by atoms with van der Waals surface area (Å²) in [5.41, 5.74) is 1.09. The zero-order valence-corrected chi connectivity index (χ0v) is 20.4. The van der Waals surface area contributed by atoms with Crippen molar-refractivity contribution < 1.29 is 14.3 Å².